The second kappa shape index (κ2) is 11.1. The van der Waals surface area contributed by atoms with Crippen LogP contribution in [0.3, 0.4) is 0 Å². The molecule has 174 valence electrons. The number of guanidine groups is 1. The molecule has 2 aromatic rings. The van der Waals surface area contributed by atoms with Crippen LogP contribution in [0.25, 0.3) is 0 Å². The van der Waals surface area contributed by atoms with Crippen molar-refractivity contribution >= 4 is 11.9 Å². The van der Waals surface area contributed by atoms with Crippen molar-refractivity contribution in [1.29, 1.82) is 0 Å². The van der Waals surface area contributed by atoms with Crippen LogP contribution in [0.1, 0.15) is 37.8 Å². The first-order chi connectivity index (χ1) is 15.4. The molecule has 0 aliphatic carbocycles. The Labute approximate surface area is 190 Å². The zero-order chi connectivity index (χ0) is 23.0. The number of carbonyl (C=O) groups excluding carboxylic acids is 1. The standard InChI is InChI=1S/C24H36N6O2/c1-4-25-23(27-18-24(2,32)21-15-28-29(3)17-21)26-16-22(31)30-12-10-20(11-13-30)14-19-8-6-5-7-9-19/h5-9,15,17,20,32H,4,10-14,16,18H2,1-3H3,(H2,25,26,27). The molecule has 1 aliphatic heterocycles. The maximum atomic E-state index is 12.7. The van der Waals surface area contributed by atoms with Gasteiger partial charge in [-0.2, -0.15) is 5.10 Å². The smallest absolute Gasteiger partial charge is 0.244 e. The van der Waals surface area contributed by atoms with E-state index in [-0.39, 0.29) is 19.0 Å². The van der Waals surface area contributed by atoms with E-state index in [2.05, 4.69) is 45.0 Å². The highest BCUT2D eigenvalue weighted by Crippen LogP contribution is 2.22. The van der Waals surface area contributed by atoms with Crippen molar-refractivity contribution in [2.24, 2.45) is 18.0 Å². The molecule has 3 rings (SSSR count). The molecule has 2 heterocycles. The molecule has 0 spiro atoms. The molecule has 0 saturated carbocycles. The number of piperidine rings is 1. The first kappa shape index (κ1) is 23.8. The van der Waals surface area contributed by atoms with E-state index in [1.165, 1.54) is 5.56 Å². The molecule has 1 saturated heterocycles. The van der Waals surface area contributed by atoms with Gasteiger partial charge in [-0.05, 0) is 44.6 Å². The second-order valence-electron chi connectivity index (χ2n) is 8.74. The third-order valence-corrected chi connectivity index (χ3v) is 5.98. The minimum Gasteiger partial charge on any atom is -0.383 e. The first-order valence-electron chi connectivity index (χ1n) is 11.4. The molecule has 1 aromatic carbocycles. The van der Waals surface area contributed by atoms with Gasteiger partial charge in [0.1, 0.15) is 12.1 Å². The minimum atomic E-state index is -1.10. The number of rotatable bonds is 8. The summed E-state index contributed by atoms with van der Waals surface area (Å²) in [5.74, 6) is 1.18. The van der Waals surface area contributed by atoms with Crippen LogP contribution in [0.15, 0.2) is 47.7 Å². The van der Waals surface area contributed by atoms with E-state index >= 15 is 0 Å². The van der Waals surface area contributed by atoms with Crippen LogP contribution >= 0.6 is 0 Å². The van der Waals surface area contributed by atoms with Gasteiger partial charge in [-0.3, -0.25) is 9.48 Å². The van der Waals surface area contributed by atoms with Crippen molar-refractivity contribution in [3.05, 3.63) is 53.9 Å². The molecule has 1 amide bonds. The third-order valence-electron chi connectivity index (χ3n) is 5.98. The van der Waals surface area contributed by atoms with Gasteiger partial charge < -0.3 is 20.6 Å². The highest BCUT2D eigenvalue weighted by molar-refractivity contribution is 5.85. The van der Waals surface area contributed by atoms with E-state index in [1.54, 1.807) is 24.0 Å². The van der Waals surface area contributed by atoms with Gasteiger partial charge in [-0.1, -0.05) is 30.3 Å². The summed E-state index contributed by atoms with van der Waals surface area (Å²) in [5.41, 5.74) is 0.984. The number of benzene rings is 1. The lowest BCUT2D eigenvalue weighted by Crippen LogP contribution is -2.45. The van der Waals surface area contributed by atoms with E-state index < -0.39 is 5.60 Å². The minimum absolute atomic E-state index is 0.0411. The van der Waals surface area contributed by atoms with E-state index in [4.69, 9.17) is 0 Å². The van der Waals surface area contributed by atoms with Crippen molar-refractivity contribution in [3.8, 4) is 0 Å². The van der Waals surface area contributed by atoms with Crippen LogP contribution in [0.4, 0.5) is 0 Å². The van der Waals surface area contributed by atoms with Crippen molar-refractivity contribution in [3.63, 3.8) is 0 Å². The van der Waals surface area contributed by atoms with Crippen molar-refractivity contribution in [2.45, 2.75) is 38.7 Å². The van der Waals surface area contributed by atoms with E-state index in [0.29, 0.717) is 18.4 Å². The number of aliphatic hydroxyl groups is 1. The Bertz CT molecular complexity index is 885. The number of aliphatic imine (C=N–C) groups is 1. The molecule has 8 heteroatoms. The number of amides is 1. The summed E-state index contributed by atoms with van der Waals surface area (Å²) >= 11 is 0. The zero-order valence-corrected chi connectivity index (χ0v) is 19.4. The molecule has 1 atom stereocenters. The van der Waals surface area contributed by atoms with Crippen LogP contribution in [-0.4, -0.2) is 64.4 Å². The fraction of sp³-hybridized carbons (Fsp3) is 0.542. The molecule has 1 fully saturated rings. The first-order valence-corrected chi connectivity index (χ1v) is 11.4. The summed E-state index contributed by atoms with van der Waals surface area (Å²) in [5, 5.41) is 21.2. The fourth-order valence-corrected chi connectivity index (χ4v) is 3.98. The van der Waals surface area contributed by atoms with E-state index in [0.717, 1.165) is 37.9 Å². The number of aromatic nitrogens is 2. The van der Waals surface area contributed by atoms with Crippen molar-refractivity contribution < 1.29 is 9.90 Å². The Balaban J connectivity index is 1.47. The monoisotopic (exact) mass is 440 g/mol. The van der Waals surface area contributed by atoms with Gasteiger partial charge in [0.15, 0.2) is 5.96 Å². The van der Waals surface area contributed by atoms with Gasteiger partial charge >= 0.3 is 0 Å². The molecule has 8 nitrogen and oxygen atoms in total. The molecule has 3 N–H and O–H groups in total. The van der Waals surface area contributed by atoms with Crippen LogP contribution in [0, 0.1) is 5.92 Å². The zero-order valence-electron chi connectivity index (χ0n) is 19.4. The Kier molecular flexibility index (Phi) is 8.27. The number of aryl methyl sites for hydroxylation is 1. The number of carbonyl (C=O) groups is 1. The molecule has 32 heavy (non-hydrogen) atoms. The second-order valence-corrected chi connectivity index (χ2v) is 8.74. The average molecular weight is 441 g/mol. The van der Waals surface area contributed by atoms with Gasteiger partial charge in [-0.15, -0.1) is 0 Å². The number of hydrogen-bond donors (Lipinski definition) is 3. The van der Waals surface area contributed by atoms with Crippen LogP contribution in [0.5, 0.6) is 0 Å². The molecular formula is C24H36N6O2. The summed E-state index contributed by atoms with van der Waals surface area (Å²) in [7, 11) is 1.81. The van der Waals surface area contributed by atoms with Crippen molar-refractivity contribution in [1.82, 2.24) is 25.3 Å². The Morgan fingerprint density at radius 1 is 1.25 bits per heavy atom. The Morgan fingerprint density at radius 3 is 2.59 bits per heavy atom. The van der Waals surface area contributed by atoms with Gasteiger partial charge in [0, 0.05) is 38.4 Å². The number of likely N-dealkylation sites (tertiary alicyclic amines) is 1. The predicted octanol–water partition coefficient (Wildman–Crippen LogP) is 1.66. The van der Waals surface area contributed by atoms with Crippen LogP contribution in [0.2, 0.25) is 0 Å². The van der Waals surface area contributed by atoms with Gasteiger partial charge in [0.05, 0.1) is 12.7 Å². The number of hydrogen-bond acceptors (Lipinski definition) is 4. The fourth-order valence-electron chi connectivity index (χ4n) is 3.98. The largest absolute Gasteiger partial charge is 0.383 e. The third kappa shape index (κ3) is 6.82. The van der Waals surface area contributed by atoms with E-state index in [9.17, 15) is 9.90 Å². The molecule has 1 aliphatic rings. The Morgan fingerprint density at radius 2 is 1.97 bits per heavy atom. The quantitative estimate of drug-likeness (QED) is 0.429. The highest BCUT2D eigenvalue weighted by Gasteiger charge is 2.26. The van der Waals surface area contributed by atoms with Crippen molar-refractivity contribution in [2.75, 3.05) is 32.7 Å². The lowest BCUT2D eigenvalue weighted by Gasteiger charge is -2.32. The summed E-state index contributed by atoms with van der Waals surface area (Å²) in [6.45, 7) is 6.27. The summed E-state index contributed by atoms with van der Waals surface area (Å²) in [4.78, 5) is 19.1. The Hall–Kier alpha value is -2.87. The maximum absolute atomic E-state index is 12.7. The van der Waals surface area contributed by atoms with Gasteiger partial charge in [-0.25, -0.2) is 4.99 Å². The topological polar surface area (TPSA) is 94.8 Å². The van der Waals surface area contributed by atoms with Crippen LogP contribution in [-0.2, 0) is 23.9 Å². The van der Waals surface area contributed by atoms with E-state index in [1.807, 2.05) is 24.9 Å². The molecular weight excluding hydrogens is 404 g/mol. The normalized spacial score (nSPS) is 17.1. The average Bonchev–Trinajstić information content (AvgIpc) is 3.24. The maximum Gasteiger partial charge on any atom is 0.244 e. The molecule has 1 unspecified atom stereocenters. The predicted molar refractivity (Wildman–Crippen MR) is 126 cm³/mol. The summed E-state index contributed by atoms with van der Waals surface area (Å²) < 4.78 is 1.66. The number of nitrogens with zero attached hydrogens (tertiary/aromatic N) is 4. The molecule has 0 bridgehead atoms. The highest BCUT2D eigenvalue weighted by atomic mass is 16.3. The number of nitrogens with one attached hydrogen (secondary N) is 2. The van der Waals surface area contributed by atoms with Gasteiger partial charge in [0.25, 0.3) is 0 Å². The lowest BCUT2D eigenvalue weighted by atomic mass is 9.90. The van der Waals surface area contributed by atoms with Crippen LogP contribution < -0.4 is 10.6 Å². The lowest BCUT2D eigenvalue weighted by molar-refractivity contribution is -0.130. The SMILES string of the molecule is CCNC(=NCC(=O)N1CCC(Cc2ccccc2)CC1)NCC(C)(O)c1cnn(C)c1. The van der Waals surface area contributed by atoms with Gasteiger partial charge in [0.2, 0.25) is 5.91 Å². The molecule has 0 radical (unpaired) electrons. The molecule has 1 aromatic heterocycles. The summed E-state index contributed by atoms with van der Waals surface area (Å²) in [6, 6.07) is 10.6. The summed E-state index contributed by atoms with van der Waals surface area (Å²) in [6.07, 6.45) is 6.56.